The number of rotatable bonds is 3. The van der Waals surface area contributed by atoms with Gasteiger partial charge in [0, 0.05) is 23.1 Å². The third-order valence-corrected chi connectivity index (χ3v) is 5.02. The fourth-order valence-electron chi connectivity index (χ4n) is 3.80. The highest BCUT2D eigenvalue weighted by Crippen LogP contribution is 2.39. The van der Waals surface area contributed by atoms with Crippen LogP contribution in [-0.2, 0) is 11.2 Å². The van der Waals surface area contributed by atoms with Crippen molar-refractivity contribution in [3.8, 4) is 5.75 Å². The Labute approximate surface area is 156 Å². The lowest BCUT2D eigenvalue weighted by Gasteiger charge is -2.35. The van der Waals surface area contributed by atoms with Crippen molar-refractivity contribution in [2.75, 3.05) is 20.3 Å². The number of carbonyl (C=O) groups is 1. The Bertz CT molecular complexity index is 981. The van der Waals surface area contributed by atoms with Crippen molar-refractivity contribution in [1.82, 2.24) is 9.88 Å². The lowest BCUT2D eigenvalue weighted by atomic mass is 9.92. The number of H-pyrrole nitrogens is 1. The van der Waals surface area contributed by atoms with Crippen LogP contribution in [0, 0.1) is 5.82 Å². The maximum absolute atomic E-state index is 13.7. The van der Waals surface area contributed by atoms with Crippen molar-refractivity contribution in [3.63, 3.8) is 0 Å². The van der Waals surface area contributed by atoms with Crippen LogP contribution < -0.4 is 4.74 Å². The first-order chi connectivity index (χ1) is 13.1. The molecule has 2 aromatic carbocycles. The number of ether oxygens (including phenoxy) is 2. The van der Waals surface area contributed by atoms with Gasteiger partial charge in [-0.3, -0.25) is 4.90 Å². The van der Waals surface area contributed by atoms with Crippen LogP contribution in [0.15, 0.2) is 42.5 Å². The Morgan fingerprint density at radius 2 is 2.04 bits per heavy atom. The summed E-state index contributed by atoms with van der Waals surface area (Å²) < 4.78 is 24.2. The molecule has 0 spiro atoms. The van der Waals surface area contributed by atoms with Gasteiger partial charge in [-0.05, 0) is 54.8 Å². The van der Waals surface area contributed by atoms with E-state index in [0.717, 1.165) is 33.5 Å². The number of amides is 1. The van der Waals surface area contributed by atoms with Gasteiger partial charge in [0.2, 0.25) is 0 Å². The maximum atomic E-state index is 13.7. The minimum Gasteiger partial charge on any atom is -0.497 e. The van der Waals surface area contributed by atoms with E-state index in [1.54, 1.807) is 25.0 Å². The number of aromatic nitrogens is 1. The van der Waals surface area contributed by atoms with Gasteiger partial charge in [0.25, 0.3) is 0 Å². The molecule has 1 N–H and O–H groups in total. The number of aromatic amines is 1. The van der Waals surface area contributed by atoms with Gasteiger partial charge in [-0.25, -0.2) is 9.18 Å². The summed E-state index contributed by atoms with van der Waals surface area (Å²) in [5.41, 5.74) is 3.70. The maximum Gasteiger partial charge on any atom is 0.410 e. The van der Waals surface area contributed by atoms with Crippen molar-refractivity contribution >= 4 is 17.0 Å². The van der Waals surface area contributed by atoms with E-state index in [2.05, 4.69) is 4.98 Å². The number of benzene rings is 2. The van der Waals surface area contributed by atoms with Gasteiger partial charge in [0.05, 0.1) is 13.7 Å². The topological polar surface area (TPSA) is 54.6 Å². The van der Waals surface area contributed by atoms with Crippen molar-refractivity contribution in [2.24, 2.45) is 0 Å². The number of hydrogen-bond donors (Lipinski definition) is 1. The number of halogens is 1. The molecule has 0 bridgehead atoms. The number of methoxy groups -OCH3 is 1. The highest BCUT2D eigenvalue weighted by molar-refractivity contribution is 5.86. The van der Waals surface area contributed by atoms with Crippen LogP contribution >= 0.6 is 0 Å². The molecule has 1 aromatic heterocycles. The number of nitrogens with zero attached hydrogens (tertiary/aromatic N) is 1. The van der Waals surface area contributed by atoms with E-state index < -0.39 is 0 Å². The summed E-state index contributed by atoms with van der Waals surface area (Å²) in [7, 11) is 1.62. The molecule has 1 atom stereocenters. The van der Waals surface area contributed by atoms with Crippen LogP contribution in [0.3, 0.4) is 0 Å². The average Bonchev–Trinajstić information content (AvgIpc) is 3.05. The Hall–Kier alpha value is -3.02. The van der Waals surface area contributed by atoms with Crippen LogP contribution in [0.25, 0.3) is 10.9 Å². The van der Waals surface area contributed by atoms with Crippen molar-refractivity contribution < 1.29 is 18.7 Å². The summed E-state index contributed by atoms with van der Waals surface area (Å²) in [5, 5.41) is 0.994. The molecule has 0 aliphatic carbocycles. The zero-order valence-corrected chi connectivity index (χ0v) is 15.3. The van der Waals surface area contributed by atoms with E-state index in [9.17, 15) is 9.18 Å². The highest BCUT2D eigenvalue weighted by atomic mass is 19.1. The third kappa shape index (κ3) is 3.01. The molecule has 3 aromatic rings. The summed E-state index contributed by atoms with van der Waals surface area (Å²) in [6.45, 7) is 2.64. The number of fused-ring (bicyclic) bond motifs is 3. The fraction of sp³-hybridized carbons (Fsp3) is 0.286. The van der Waals surface area contributed by atoms with E-state index in [-0.39, 0.29) is 18.0 Å². The fourth-order valence-corrected chi connectivity index (χ4v) is 3.80. The van der Waals surface area contributed by atoms with Gasteiger partial charge in [-0.15, -0.1) is 0 Å². The Kier molecular flexibility index (Phi) is 4.48. The number of hydrogen-bond acceptors (Lipinski definition) is 3. The molecule has 0 fully saturated rings. The molecule has 4 rings (SSSR count). The molecular weight excluding hydrogens is 347 g/mol. The monoisotopic (exact) mass is 368 g/mol. The van der Waals surface area contributed by atoms with Gasteiger partial charge in [-0.1, -0.05) is 12.1 Å². The summed E-state index contributed by atoms with van der Waals surface area (Å²) in [6.07, 6.45) is 0.334. The van der Waals surface area contributed by atoms with Crippen LogP contribution in [0.5, 0.6) is 5.75 Å². The standard InChI is InChI=1S/C21H21FN2O3/c1-3-27-21(25)24-11-10-17-16-9-6-14(22)12-18(16)23-19(17)20(24)13-4-7-15(26-2)8-5-13/h4-9,12,20,23H,3,10-11H2,1-2H3. The average molecular weight is 368 g/mol. The van der Waals surface area contributed by atoms with Crippen molar-refractivity contribution in [2.45, 2.75) is 19.4 Å². The molecule has 1 aliphatic rings. The molecule has 6 heteroatoms. The molecule has 0 saturated carbocycles. The van der Waals surface area contributed by atoms with Gasteiger partial charge >= 0.3 is 6.09 Å². The van der Waals surface area contributed by atoms with E-state index in [4.69, 9.17) is 9.47 Å². The van der Waals surface area contributed by atoms with Crippen molar-refractivity contribution in [1.29, 1.82) is 0 Å². The molecule has 5 nitrogen and oxygen atoms in total. The molecule has 0 saturated heterocycles. The Morgan fingerprint density at radius 3 is 2.74 bits per heavy atom. The predicted molar refractivity (Wildman–Crippen MR) is 101 cm³/mol. The van der Waals surface area contributed by atoms with Gasteiger partial charge in [-0.2, -0.15) is 0 Å². The normalized spacial score (nSPS) is 16.3. The van der Waals surface area contributed by atoms with Crippen LogP contribution in [0.4, 0.5) is 9.18 Å². The zero-order valence-electron chi connectivity index (χ0n) is 15.3. The summed E-state index contributed by atoms with van der Waals surface area (Å²) in [5.74, 6) is 0.459. The molecule has 2 heterocycles. The minimum absolute atomic E-state index is 0.288. The van der Waals surface area contributed by atoms with Gasteiger partial charge in [0.1, 0.15) is 17.6 Å². The lowest BCUT2D eigenvalue weighted by Crippen LogP contribution is -2.40. The lowest BCUT2D eigenvalue weighted by molar-refractivity contribution is 0.0932. The largest absolute Gasteiger partial charge is 0.497 e. The number of nitrogens with one attached hydrogen (secondary N) is 1. The Morgan fingerprint density at radius 1 is 1.26 bits per heavy atom. The summed E-state index contributed by atoms with van der Waals surface area (Å²) in [4.78, 5) is 17.7. The third-order valence-electron chi connectivity index (χ3n) is 5.02. The van der Waals surface area contributed by atoms with Gasteiger partial charge in [0.15, 0.2) is 0 Å². The minimum atomic E-state index is -0.353. The van der Waals surface area contributed by atoms with Gasteiger partial charge < -0.3 is 14.5 Å². The SMILES string of the molecule is CCOC(=O)N1CCc2c([nH]c3cc(F)ccc23)C1c1ccc(OC)cc1. The highest BCUT2D eigenvalue weighted by Gasteiger charge is 2.35. The van der Waals surface area contributed by atoms with E-state index in [1.807, 2.05) is 24.3 Å². The first kappa shape index (κ1) is 17.4. The molecule has 140 valence electrons. The second-order valence-electron chi connectivity index (χ2n) is 6.53. The second-order valence-corrected chi connectivity index (χ2v) is 6.53. The Balaban J connectivity index is 1.85. The van der Waals surface area contributed by atoms with E-state index in [1.165, 1.54) is 12.1 Å². The van der Waals surface area contributed by atoms with Crippen LogP contribution in [-0.4, -0.2) is 36.2 Å². The van der Waals surface area contributed by atoms with Crippen molar-refractivity contribution in [3.05, 3.63) is 65.1 Å². The van der Waals surface area contributed by atoms with Crippen LogP contribution in [0.1, 0.15) is 29.8 Å². The van der Waals surface area contributed by atoms with E-state index in [0.29, 0.717) is 19.6 Å². The quantitative estimate of drug-likeness (QED) is 0.745. The smallest absolute Gasteiger partial charge is 0.410 e. The first-order valence-corrected chi connectivity index (χ1v) is 8.99. The van der Waals surface area contributed by atoms with E-state index >= 15 is 0 Å². The zero-order chi connectivity index (χ0) is 19.0. The molecule has 1 amide bonds. The predicted octanol–water partition coefficient (Wildman–Crippen LogP) is 4.42. The molecule has 1 aliphatic heterocycles. The first-order valence-electron chi connectivity index (χ1n) is 8.99. The van der Waals surface area contributed by atoms with Crippen LogP contribution in [0.2, 0.25) is 0 Å². The summed E-state index contributed by atoms with van der Waals surface area (Å²) in [6, 6.07) is 12.1. The second kappa shape index (κ2) is 6.95. The molecular formula is C21H21FN2O3. The molecule has 0 radical (unpaired) electrons. The number of carbonyl (C=O) groups excluding carboxylic acids is 1. The summed E-state index contributed by atoms with van der Waals surface area (Å²) >= 11 is 0. The molecule has 1 unspecified atom stereocenters. The molecule has 27 heavy (non-hydrogen) atoms.